The van der Waals surface area contributed by atoms with E-state index in [1.807, 2.05) is 0 Å². The van der Waals surface area contributed by atoms with Gasteiger partial charge >= 0.3 is 0 Å². The summed E-state index contributed by atoms with van der Waals surface area (Å²) in [7, 11) is 0. The van der Waals surface area contributed by atoms with Gasteiger partial charge in [-0.15, -0.1) is 0 Å². The number of hydrogen-bond acceptors (Lipinski definition) is 17. The van der Waals surface area contributed by atoms with Crippen LogP contribution in [0.4, 0.5) is 0 Å². The van der Waals surface area contributed by atoms with Gasteiger partial charge in [-0.25, -0.2) is 4.98 Å². The molecule has 0 spiro atoms. The molecule has 532 valence electrons. The summed E-state index contributed by atoms with van der Waals surface area (Å²) in [6.07, 6.45) is 2.35. The molecule has 101 heavy (non-hydrogen) atoms. The third-order valence-corrected chi connectivity index (χ3v) is 16.7. The number of unbranched alkanes of at least 4 members (excludes halogenated alkanes) is 1. The Morgan fingerprint density at radius 1 is 0.495 bits per heavy atom. The summed E-state index contributed by atoms with van der Waals surface area (Å²) in [5.74, 6) is -12.6. The lowest BCUT2D eigenvalue weighted by atomic mass is 10.0. The van der Waals surface area contributed by atoms with Crippen LogP contribution < -0.4 is 75.3 Å². The van der Waals surface area contributed by atoms with Gasteiger partial charge < -0.3 is 90.5 Å². The zero-order valence-electron chi connectivity index (χ0n) is 55.2. The molecule has 0 saturated heterocycles. The van der Waals surface area contributed by atoms with Crippen LogP contribution in [-0.2, 0) is 73.6 Å². The molecule has 9 unspecified atom stereocenters. The Balaban J connectivity index is 1.22. The number of rotatable bonds is 14. The highest BCUT2D eigenvalue weighted by Crippen LogP contribution is 2.20. The SMILES string of the molecule is CC1NC(=O)C(Cc2ccc(O)cc2)NC(=O)C(c2ccccc2)NC(=O)c2cc3cc(c2)C(=O)NCC(C(N)=O)NC(=O)C(Cc2cnc[nH]2)NC(=O)C(CCCCN)NC(=O)CNC(=O)C(Cc2ccccc2)NC(=O)C(Cc2ccc(O)cc2)NC(=O)C(CCCCNC3=O)NC1=O. The van der Waals surface area contributed by atoms with Crippen molar-refractivity contribution in [3.05, 3.63) is 185 Å². The smallest absolute Gasteiger partial charge is 0.252 e. The normalized spacial score (nSPS) is 22.5. The quantitative estimate of drug-likeness (QED) is 0.0555. The first-order chi connectivity index (χ1) is 48.5. The lowest BCUT2D eigenvalue weighted by Crippen LogP contribution is -2.60. The van der Waals surface area contributed by atoms with Gasteiger partial charge in [-0.2, -0.15) is 0 Å². The van der Waals surface area contributed by atoms with Crippen molar-refractivity contribution in [3.8, 4) is 11.5 Å². The Bertz CT molecular complexity index is 3940. The fraction of sp³-hybridized carbons (Fsp3) is 0.343. The first-order valence-corrected chi connectivity index (χ1v) is 32.8. The molecule has 4 bridgehead atoms. The van der Waals surface area contributed by atoms with E-state index in [4.69, 9.17) is 11.5 Å². The predicted octanol–water partition coefficient (Wildman–Crippen LogP) is -1.45. The second-order valence-electron chi connectivity index (χ2n) is 24.4. The zero-order valence-corrected chi connectivity index (χ0v) is 55.2. The van der Waals surface area contributed by atoms with Gasteiger partial charge in [0.2, 0.25) is 59.1 Å². The fourth-order valence-corrected chi connectivity index (χ4v) is 11.1. The van der Waals surface area contributed by atoms with Crippen LogP contribution in [0.25, 0.3) is 0 Å². The number of imidazole rings is 1. The van der Waals surface area contributed by atoms with Crippen LogP contribution in [0.1, 0.15) is 111 Å². The van der Waals surface area contributed by atoms with Crippen molar-refractivity contribution in [2.24, 2.45) is 11.5 Å². The van der Waals surface area contributed by atoms with E-state index < -0.39 is 144 Å². The number of hydrogen-bond donors (Lipinski definition) is 17. The summed E-state index contributed by atoms with van der Waals surface area (Å²) in [5, 5.41) is 51.9. The van der Waals surface area contributed by atoms with Gasteiger partial charge in [0, 0.05) is 67.4 Å². The molecule has 6 aromatic rings. The van der Waals surface area contributed by atoms with E-state index in [0.29, 0.717) is 28.8 Å². The molecule has 13 amide bonds. The number of amides is 13. The summed E-state index contributed by atoms with van der Waals surface area (Å²) in [6, 6.07) is 17.3. The Labute approximate surface area is 580 Å². The molecule has 19 N–H and O–H groups in total. The molecule has 9 atom stereocenters. The number of primary amides is 1. The molecule has 1 aromatic heterocycles. The number of aromatic amines is 1. The molecule has 5 aromatic carbocycles. The molecule has 31 heteroatoms. The summed E-state index contributed by atoms with van der Waals surface area (Å²) >= 11 is 0. The lowest BCUT2D eigenvalue weighted by Gasteiger charge is -2.27. The van der Waals surface area contributed by atoms with Crippen molar-refractivity contribution >= 4 is 76.8 Å². The zero-order chi connectivity index (χ0) is 72.5. The van der Waals surface area contributed by atoms with Crippen LogP contribution >= 0.6 is 0 Å². The van der Waals surface area contributed by atoms with E-state index in [2.05, 4.69) is 73.8 Å². The Kier molecular flexibility index (Phi) is 27.0. The highest BCUT2D eigenvalue weighted by atomic mass is 16.3. The minimum absolute atomic E-state index is 0.0311. The number of H-pyrrole nitrogens is 1. The molecule has 0 radical (unpaired) electrons. The molecular formula is C70H82N16O15. The highest BCUT2D eigenvalue weighted by Gasteiger charge is 2.36. The minimum Gasteiger partial charge on any atom is -0.508 e. The molecular weight excluding hydrogens is 1300 g/mol. The number of fused-ring (bicyclic) bond motifs is 8. The first-order valence-electron chi connectivity index (χ1n) is 32.8. The number of aromatic hydroxyl groups is 2. The van der Waals surface area contributed by atoms with Gasteiger partial charge in [-0.1, -0.05) is 84.9 Å². The van der Waals surface area contributed by atoms with Gasteiger partial charge in [0.05, 0.1) is 12.9 Å². The number of nitrogens with zero attached hydrogens (tertiary/aromatic N) is 1. The molecule has 31 nitrogen and oxygen atoms in total. The van der Waals surface area contributed by atoms with Crippen molar-refractivity contribution in [2.45, 2.75) is 126 Å². The van der Waals surface area contributed by atoms with Gasteiger partial charge in [0.1, 0.15) is 65.9 Å². The third-order valence-electron chi connectivity index (χ3n) is 16.7. The molecule has 0 fully saturated rings. The lowest BCUT2D eigenvalue weighted by molar-refractivity contribution is -0.135. The van der Waals surface area contributed by atoms with E-state index in [0.717, 1.165) is 18.2 Å². The van der Waals surface area contributed by atoms with Crippen LogP contribution in [-0.4, -0.2) is 171 Å². The minimum atomic E-state index is -1.70. The number of phenols is 2. The summed E-state index contributed by atoms with van der Waals surface area (Å²) in [5.41, 5.74) is 12.6. The van der Waals surface area contributed by atoms with Crippen molar-refractivity contribution < 1.29 is 72.5 Å². The third kappa shape index (κ3) is 22.5. The maximum Gasteiger partial charge on any atom is 0.252 e. The van der Waals surface area contributed by atoms with Crippen molar-refractivity contribution in [3.63, 3.8) is 0 Å². The van der Waals surface area contributed by atoms with Gasteiger partial charge in [-0.05, 0) is 117 Å². The second-order valence-corrected chi connectivity index (χ2v) is 24.4. The summed E-state index contributed by atoms with van der Waals surface area (Å²) in [4.78, 5) is 194. The molecule has 8 rings (SSSR count). The van der Waals surface area contributed by atoms with E-state index >= 15 is 0 Å². The van der Waals surface area contributed by atoms with Crippen LogP contribution in [0, 0.1) is 0 Å². The standard InChI is InChI=1S/C70H82N16O15/c1-39-60(91)80-51-17-9-11-27-74-61(92)44-31-45(33-46(32-44)63(94)86-58(43-14-6-3-7-15-43)70(101)84-53(67(98)78-39)29-41-18-22-48(87)23-19-41)62(93)75-36-56(59(72)90)85-69(100)55(34-47-35-73-38-77-47)83-65(96)50(16-8-10-26-71)79-57(89)37-76-64(95)52(28-40-12-4-2-5-13-40)81-68(99)54(82-66(51)97)30-42-20-24-49(88)25-21-42/h2-7,12-15,18-25,31-33,35,38-39,50-56,58,87-88H,8-11,16-17,26-30,34,36-37,71H2,1H3,(H2,72,90)(H,73,77)(H,74,92)(H,75,93)(H,76,95)(H,78,98)(H,79,89)(H,80,91)(H,81,99)(H,82,97)(H,83,96)(H,84,101)(H,85,100)(H,86,94). The Hall–Kier alpha value is -12.0. The number of benzene rings is 5. The van der Waals surface area contributed by atoms with Crippen molar-refractivity contribution in [1.29, 1.82) is 0 Å². The van der Waals surface area contributed by atoms with Crippen LogP contribution in [0.5, 0.6) is 11.5 Å². The molecule has 0 saturated carbocycles. The van der Waals surface area contributed by atoms with E-state index in [9.17, 15) is 72.5 Å². The average Bonchev–Trinajstić information content (AvgIpc) is 1.18. The second kappa shape index (κ2) is 36.5. The molecule has 2 aliphatic rings. The molecule has 3 heterocycles. The number of phenolic OH excluding ortho intramolecular Hbond substituents is 2. The fourth-order valence-electron chi connectivity index (χ4n) is 11.1. The van der Waals surface area contributed by atoms with E-state index in [1.165, 1.54) is 80.1 Å². The Morgan fingerprint density at radius 3 is 1.59 bits per heavy atom. The number of aromatic nitrogens is 2. The summed E-state index contributed by atoms with van der Waals surface area (Å²) < 4.78 is 0. The van der Waals surface area contributed by atoms with Crippen molar-refractivity contribution in [2.75, 3.05) is 26.2 Å². The van der Waals surface area contributed by atoms with Crippen LogP contribution in [0.15, 0.2) is 140 Å². The maximum absolute atomic E-state index is 15.0. The monoisotopic (exact) mass is 1390 g/mol. The number of nitrogens with one attached hydrogen (secondary N) is 13. The first kappa shape index (κ1) is 74.8. The topological polar surface area (TPSA) is 487 Å². The van der Waals surface area contributed by atoms with Gasteiger partial charge in [0.25, 0.3) is 17.7 Å². The van der Waals surface area contributed by atoms with E-state index in [-0.39, 0.29) is 105 Å². The summed E-state index contributed by atoms with van der Waals surface area (Å²) in [6.45, 7) is -0.0800. The average molecular weight is 1390 g/mol. The van der Waals surface area contributed by atoms with Crippen molar-refractivity contribution in [1.82, 2.24) is 73.8 Å². The van der Waals surface area contributed by atoms with E-state index in [1.54, 1.807) is 48.5 Å². The number of nitrogens with two attached hydrogens (primary N) is 2. The number of carbonyl (C=O) groups is 13. The Morgan fingerprint density at radius 2 is 1.01 bits per heavy atom. The molecule has 0 aliphatic carbocycles. The predicted molar refractivity (Wildman–Crippen MR) is 364 cm³/mol. The van der Waals surface area contributed by atoms with Gasteiger partial charge in [0.15, 0.2) is 0 Å². The van der Waals surface area contributed by atoms with Crippen LogP contribution in [0.3, 0.4) is 0 Å². The number of carbonyl (C=O) groups excluding carboxylic acids is 13. The van der Waals surface area contributed by atoms with Crippen LogP contribution in [0.2, 0.25) is 0 Å². The highest BCUT2D eigenvalue weighted by molar-refractivity contribution is 6.06. The molecule has 2 aliphatic heterocycles. The van der Waals surface area contributed by atoms with Gasteiger partial charge in [-0.3, -0.25) is 62.3 Å². The largest absolute Gasteiger partial charge is 0.508 e. The maximum atomic E-state index is 15.0.